The minimum atomic E-state index is -0.0839. The first-order valence-corrected chi connectivity index (χ1v) is 6.28. The fourth-order valence-corrected chi connectivity index (χ4v) is 2.18. The molecule has 0 N–H and O–H groups in total. The van der Waals surface area contributed by atoms with Crippen molar-refractivity contribution in [3.8, 4) is 5.82 Å². The molecule has 0 fully saturated rings. The molecule has 0 aliphatic rings. The lowest BCUT2D eigenvalue weighted by Gasteiger charge is -2.05. The number of rotatable bonds is 1. The Morgan fingerprint density at radius 2 is 1.89 bits per heavy atom. The van der Waals surface area contributed by atoms with Crippen LogP contribution < -0.4 is 5.56 Å². The van der Waals surface area contributed by atoms with E-state index in [1.807, 2.05) is 36.4 Å². The Morgan fingerprint density at radius 3 is 2.72 bits per heavy atom. The molecule has 3 aromatic rings. The van der Waals surface area contributed by atoms with Gasteiger partial charge in [-0.05, 0) is 30.3 Å². The number of benzene rings is 1. The number of pyridine rings is 2. The second-order valence-electron chi connectivity index (χ2n) is 3.92. The predicted octanol–water partition coefficient (Wildman–Crippen LogP) is 3.15. The van der Waals surface area contributed by atoms with Crippen LogP contribution in [0.5, 0.6) is 0 Å². The van der Waals surface area contributed by atoms with Gasteiger partial charge in [-0.25, -0.2) is 4.98 Å². The molecule has 0 amide bonds. The summed E-state index contributed by atoms with van der Waals surface area (Å²) in [5.41, 5.74) is 0.775. The Hall–Kier alpha value is -1.94. The van der Waals surface area contributed by atoms with Gasteiger partial charge in [0.25, 0.3) is 5.56 Å². The Bertz CT molecular complexity index is 780. The zero-order chi connectivity index (χ0) is 12.5. The van der Waals surface area contributed by atoms with Crippen molar-refractivity contribution in [1.82, 2.24) is 9.55 Å². The minimum Gasteiger partial charge on any atom is -0.269 e. The Labute approximate surface area is 112 Å². The third-order valence-corrected chi connectivity index (χ3v) is 3.20. The lowest BCUT2D eigenvalue weighted by molar-refractivity contribution is 0.950. The maximum atomic E-state index is 11.7. The molecule has 88 valence electrons. The van der Waals surface area contributed by atoms with Crippen LogP contribution >= 0.6 is 15.9 Å². The zero-order valence-corrected chi connectivity index (χ0v) is 11.0. The Kier molecular flexibility index (Phi) is 2.72. The number of hydrogen-bond acceptors (Lipinski definition) is 2. The molecular weight excluding hydrogens is 292 g/mol. The molecule has 0 aliphatic heterocycles. The summed E-state index contributed by atoms with van der Waals surface area (Å²) >= 11 is 3.42. The number of aromatic nitrogens is 2. The lowest BCUT2D eigenvalue weighted by Crippen LogP contribution is -2.16. The fourth-order valence-electron chi connectivity index (χ4n) is 1.83. The summed E-state index contributed by atoms with van der Waals surface area (Å²) in [7, 11) is 0. The summed E-state index contributed by atoms with van der Waals surface area (Å²) in [5.74, 6) is 0.631. The molecule has 2 heterocycles. The average Bonchev–Trinajstić information content (AvgIpc) is 2.38. The van der Waals surface area contributed by atoms with Crippen molar-refractivity contribution < 1.29 is 0 Å². The summed E-state index contributed by atoms with van der Waals surface area (Å²) in [4.78, 5) is 16.2. The van der Waals surface area contributed by atoms with E-state index in [-0.39, 0.29) is 5.56 Å². The van der Waals surface area contributed by atoms with Gasteiger partial charge >= 0.3 is 0 Å². The number of halogens is 1. The Balaban J connectivity index is 2.25. The van der Waals surface area contributed by atoms with Crippen LogP contribution in [0.4, 0.5) is 0 Å². The van der Waals surface area contributed by atoms with E-state index in [1.54, 1.807) is 12.3 Å². The van der Waals surface area contributed by atoms with E-state index < -0.39 is 0 Å². The van der Waals surface area contributed by atoms with E-state index in [9.17, 15) is 4.79 Å². The largest absolute Gasteiger partial charge is 0.269 e. The van der Waals surface area contributed by atoms with Gasteiger partial charge in [0, 0.05) is 22.1 Å². The molecule has 0 saturated heterocycles. The van der Waals surface area contributed by atoms with Gasteiger partial charge in [-0.3, -0.25) is 9.36 Å². The second kappa shape index (κ2) is 4.38. The van der Waals surface area contributed by atoms with E-state index >= 15 is 0 Å². The van der Waals surface area contributed by atoms with Crippen molar-refractivity contribution in [3.63, 3.8) is 0 Å². The molecule has 0 bridgehead atoms. The van der Waals surface area contributed by atoms with Gasteiger partial charge in [-0.1, -0.05) is 28.1 Å². The summed E-state index contributed by atoms with van der Waals surface area (Å²) in [6.45, 7) is 0. The molecule has 0 saturated carbocycles. The van der Waals surface area contributed by atoms with Gasteiger partial charge in [0.05, 0.1) is 5.52 Å². The van der Waals surface area contributed by atoms with Gasteiger partial charge in [0.1, 0.15) is 5.82 Å². The highest BCUT2D eigenvalue weighted by Gasteiger charge is 2.02. The van der Waals surface area contributed by atoms with Crippen LogP contribution in [-0.4, -0.2) is 9.55 Å². The smallest absolute Gasteiger partial charge is 0.256 e. The molecule has 4 heteroatoms. The molecule has 1 aromatic carbocycles. The third kappa shape index (κ3) is 1.95. The summed E-state index contributed by atoms with van der Waals surface area (Å²) in [5, 5.41) is 1.05. The fraction of sp³-hybridized carbons (Fsp3) is 0. The predicted molar refractivity (Wildman–Crippen MR) is 75.0 cm³/mol. The maximum absolute atomic E-state index is 11.7. The van der Waals surface area contributed by atoms with Gasteiger partial charge in [0.2, 0.25) is 0 Å². The quantitative estimate of drug-likeness (QED) is 0.692. The number of nitrogens with zero attached hydrogens (tertiary/aromatic N) is 2. The Morgan fingerprint density at radius 1 is 1.06 bits per heavy atom. The number of fused-ring (bicyclic) bond motifs is 1. The van der Waals surface area contributed by atoms with Crippen LogP contribution in [0.1, 0.15) is 0 Å². The molecule has 2 aromatic heterocycles. The first-order chi connectivity index (χ1) is 8.74. The third-order valence-electron chi connectivity index (χ3n) is 2.71. The highest BCUT2D eigenvalue weighted by atomic mass is 79.9. The molecule has 3 rings (SSSR count). The van der Waals surface area contributed by atoms with Crippen LogP contribution in [0.3, 0.4) is 0 Å². The standard InChI is InChI=1S/C14H9BrN2O/c15-11-6-4-10-5-7-13(16-12(10)9-11)17-8-2-1-3-14(17)18/h1-9H. The summed E-state index contributed by atoms with van der Waals surface area (Å²) < 4.78 is 2.50. The van der Waals surface area contributed by atoms with Crippen molar-refractivity contribution >= 4 is 26.8 Å². The van der Waals surface area contributed by atoms with E-state index in [0.717, 1.165) is 15.4 Å². The molecular formula is C14H9BrN2O. The maximum Gasteiger partial charge on any atom is 0.256 e. The average molecular weight is 301 g/mol. The van der Waals surface area contributed by atoms with Crippen LogP contribution in [0.25, 0.3) is 16.7 Å². The van der Waals surface area contributed by atoms with E-state index in [2.05, 4.69) is 20.9 Å². The van der Waals surface area contributed by atoms with Gasteiger partial charge in [0.15, 0.2) is 0 Å². The molecule has 0 spiro atoms. The highest BCUT2D eigenvalue weighted by Crippen LogP contribution is 2.19. The normalized spacial score (nSPS) is 10.7. The van der Waals surface area contributed by atoms with Crippen molar-refractivity contribution in [2.24, 2.45) is 0 Å². The lowest BCUT2D eigenvalue weighted by atomic mass is 10.2. The molecule has 0 radical (unpaired) electrons. The van der Waals surface area contributed by atoms with Crippen molar-refractivity contribution in [2.45, 2.75) is 0 Å². The molecule has 0 atom stereocenters. The van der Waals surface area contributed by atoms with Gasteiger partial charge in [-0.2, -0.15) is 0 Å². The van der Waals surface area contributed by atoms with Crippen molar-refractivity contribution in [2.75, 3.05) is 0 Å². The van der Waals surface area contributed by atoms with Crippen LogP contribution in [-0.2, 0) is 0 Å². The SMILES string of the molecule is O=c1ccccn1-c1ccc2ccc(Br)cc2n1. The van der Waals surface area contributed by atoms with Crippen LogP contribution in [0.2, 0.25) is 0 Å². The first kappa shape index (κ1) is 11.2. The first-order valence-electron chi connectivity index (χ1n) is 5.48. The molecule has 3 nitrogen and oxygen atoms in total. The molecule has 18 heavy (non-hydrogen) atoms. The number of hydrogen-bond donors (Lipinski definition) is 0. The van der Waals surface area contributed by atoms with Crippen LogP contribution in [0.15, 0.2) is 64.0 Å². The minimum absolute atomic E-state index is 0.0839. The second-order valence-corrected chi connectivity index (χ2v) is 4.83. The van der Waals surface area contributed by atoms with Crippen molar-refractivity contribution in [3.05, 3.63) is 69.6 Å². The van der Waals surface area contributed by atoms with Crippen LogP contribution in [0, 0.1) is 0 Å². The van der Waals surface area contributed by atoms with Crippen molar-refractivity contribution in [1.29, 1.82) is 0 Å². The summed E-state index contributed by atoms with van der Waals surface area (Å²) in [6, 6.07) is 14.8. The van der Waals surface area contributed by atoms with Gasteiger partial charge in [-0.15, -0.1) is 0 Å². The van der Waals surface area contributed by atoms with Gasteiger partial charge < -0.3 is 0 Å². The molecule has 0 unspecified atom stereocenters. The molecule has 0 aliphatic carbocycles. The van der Waals surface area contributed by atoms with E-state index in [1.165, 1.54) is 10.6 Å². The monoisotopic (exact) mass is 300 g/mol. The zero-order valence-electron chi connectivity index (χ0n) is 9.38. The van der Waals surface area contributed by atoms with E-state index in [4.69, 9.17) is 0 Å². The summed E-state index contributed by atoms with van der Waals surface area (Å²) in [6.07, 6.45) is 1.72. The van der Waals surface area contributed by atoms with E-state index in [0.29, 0.717) is 5.82 Å². The highest BCUT2D eigenvalue weighted by molar-refractivity contribution is 9.10. The topological polar surface area (TPSA) is 34.9 Å².